The highest BCUT2D eigenvalue weighted by atomic mass is 16.6. The molecule has 1 unspecified atom stereocenters. The van der Waals surface area contributed by atoms with Crippen LogP contribution in [0.15, 0.2) is 58.7 Å². The SMILES string of the molecule is CCOC(CCCC(=O)Nc1cccc(CO/N=C(\C(=NC)N(C)N)c2ccccc2)n1)COC. The Labute approximate surface area is 207 Å². The number of pyridine rings is 1. The predicted octanol–water partition coefficient (Wildman–Crippen LogP) is 3.00. The molecule has 0 saturated heterocycles. The molecule has 10 nitrogen and oxygen atoms in total. The van der Waals surface area contributed by atoms with E-state index in [-0.39, 0.29) is 18.6 Å². The average molecular weight is 485 g/mol. The van der Waals surface area contributed by atoms with Crippen molar-refractivity contribution in [2.75, 3.05) is 39.7 Å². The minimum Gasteiger partial charge on any atom is -0.389 e. The topological polar surface area (TPSA) is 124 Å². The molecular formula is C25H36N6O4. The first-order chi connectivity index (χ1) is 17.0. The van der Waals surface area contributed by atoms with Crippen molar-refractivity contribution >= 4 is 23.3 Å². The summed E-state index contributed by atoms with van der Waals surface area (Å²) in [6.07, 6.45) is 1.80. The summed E-state index contributed by atoms with van der Waals surface area (Å²) >= 11 is 0. The summed E-state index contributed by atoms with van der Waals surface area (Å²) in [4.78, 5) is 26.6. The van der Waals surface area contributed by atoms with Crippen LogP contribution in [0.1, 0.15) is 37.4 Å². The second-order valence-corrected chi connectivity index (χ2v) is 7.72. The minimum atomic E-state index is -0.109. The largest absolute Gasteiger partial charge is 0.389 e. The van der Waals surface area contributed by atoms with Gasteiger partial charge in [-0.2, -0.15) is 0 Å². The van der Waals surface area contributed by atoms with Crippen LogP contribution in [-0.2, 0) is 25.7 Å². The van der Waals surface area contributed by atoms with Crippen LogP contribution < -0.4 is 11.2 Å². The Morgan fingerprint density at radius 3 is 2.63 bits per heavy atom. The van der Waals surface area contributed by atoms with E-state index in [1.165, 1.54) is 5.01 Å². The second kappa shape index (κ2) is 15.5. The normalized spacial score (nSPS) is 12.8. The molecule has 0 saturated carbocycles. The number of methoxy groups -OCH3 is 1. The van der Waals surface area contributed by atoms with E-state index in [9.17, 15) is 4.79 Å². The number of amidine groups is 1. The molecule has 0 fully saturated rings. The van der Waals surface area contributed by atoms with Gasteiger partial charge < -0.3 is 19.6 Å². The molecule has 35 heavy (non-hydrogen) atoms. The number of aliphatic imine (C=N–C) groups is 1. The Kier molecular flexibility index (Phi) is 12.4. The van der Waals surface area contributed by atoms with Crippen molar-refractivity contribution in [3.63, 3.8) is 0 Å². The van der Waals surface area contributed by atoms with Crippen LogP contribution in [0.3, 0.4) is 0 Å². The van der Waals surface area contributed by atoms with Crippen LogP contribution in [0.4, 0.5) is 5.82 Å². The molecule has 0 bridgehead atoms. The van der Waals surface area contributed by atoms with E-state index in [0.717, 1.165) is 12.0 Å². The third kappa shape index (κ3) is 9.81. The third-order valence-corrected chi connectivity index (χ3v) is 4.93. The van der Waals surface area contributed by atoms with Crippen LogP contribution in [0, 0.1) is 0 Å². The lowest BCUT2D eigenvalue weighted by Gasteiger charge is -2.16. The van der Waals surface area contributed by atoms with E-state index >= 15 is 0 Å². The number of anilines is 1. The number of hydrazine groups is 1. The quantitative estimate of drug-likeness (QED) is 0.183. The van der Waals surface area contributed by atoms with Gasteiger partial charge in [-0.25, -0.2) is 10.8 Å². The number of aromatic nitrogens is 1. The number of nitrogens with zero attached hydrogens (tertiary/aromatic N) is 4. The monoisotopic (exact) mass is 484 g/mol. The summed E-state index contributed by atoms with van der Waals surface area (Å²) in [5, 5.41) is 8.49. The lowest BCUT2D eigenvalue weighted by molar-refractivity contribution is -0.116. The van der Waals surface area contributed by atoms with E-state index in [1.54, 1.807) is 39.4 Å². The maximum absolute atomic E-state index is 12.3. The number of likely N-dealkylation sites (N-methyl/N-ethyl adjacent to an activating group) is 1. The van der Waals surface area contributed by atoms with Gasteiger partial charge in [-0.05, 0) is 31.9 Å². The van der Waals surface area contributed by atoms with Crippen molar-refractivity contribution in [2.45, 2.75) is 38.9 Å². The lowest BCUT2D eigenvalue weighted by Crippen LogP contribution is -2.39. The zero-order valence-corrected chi connectivity index (χ0v) is 20.9. The third-order valence-electron chi connectivity index (χ3n) is 4.93. The molecule has 3 N–H and O–H groups in total. The van der Waals surface area contributed by atoms with Crippen LogP contribution in [0.25, 0.3) is 0 Å². The van der Waals surface area contributed by atoms with Gasteiger partial charge in [0.15, 0.2) is 18.2 Å². The number of hydrogen-bond acceptors (Lipinski definition) is 8. The van der Waals surface area contributed by atoms with Crippen molar-refractivity contribution in [1.29, 1.82) is 0 Å². The van der Waals surface area contributed by atoms with Crippen LogP contribution in [-0.4, -0.2) is 68.0 Å². The molecule has 1 atom stereocenters. The summed E-state index contributed by atoms with van der Waals surface area (Å²) < 4.78 is 10.8. The van der Waals surface area contributed by atoms with E-state index in [1.807, 2.05) is 37.3 Å². The molecule has 1 aromatic heterocycles. The number of carbonyl (C=O) groups is 1. The smallest absolute Gasteiger partial charge is 0.225 e. The number of hydrogen-bond donors (Lipinski definition) is 2. The average Bonchev–Trinajstić information content (AvgIpc) is 2.84. The van der Waals surface area contributed by atoms with E-state index in [4.69, 9.17) is 20.2 Å². The fraction of sp³-hybridized carbons (Fsp3) is 0.440. The molecule has 0 aliphatic rings. The zero-order valence-electron chi connectivity index (χ0n) is 20.9. The van der Waals surface area contributed by atoms with Crippen LogP contribution >= 0.6 is 0 Å². The highest BCUT2D eigenvalue weighted by molar-refractivity contribution is 6.47. The molecule has 10 heteroatoms. The maximum atomic E-state index is 12.3. The molecule has 0 aliphatic heterocycles. The molecule has 0 aliphatic carbocycles. The number of amides is 1. The van der Waals surface area contributed by atoms with Gasteiger partial charge in [0.25, 0.3) is 0 Å². The van der Waals surface area contributed by atoms with Gasteiger partial charge in [0.05, 0.1) is 18.4 Å². The molecule has 1 amide bonds. The Hall–Kier alpha value is -3.34. The number of nitrogens with one attached hydrogen (secondary N) is 1. The van der Waals surface area contributed by atoms with E-state index < -0.39 is 0 Å². The summed E-state index contributed by atoms with van der Waals surface area (Å²) in [5.74, 6) is 6.74. The Morgan fingerprint density at radius 2 is 1.97 bits per heavy atom. The van der Waals surface area contributed by atoms with Gasteiger partial charge in [0.1, 0.15) is 5.82 Å². The molecule has 190 valence electrons. The molecular weight excluding hydrogens is 448 g/mol. The first-order valence-electron chi connectivity index (χ1n) is 11.6. The molecule has 2 aromatic rings. The summed E-state index contributed by atoms with van der Waals surface area (Å²) in [5.41, 5.74) is 1.93. The van der Waals surface area contributed by atoms with Gasteiger partial charge >= 0.3 is 0 Å². The Balaban J connectivity index is 1.96. The van der Waals surface area contributed by atoms with Gasteiger partial charge in [-0.15, -0.1) is 0 Å². The highest BCUT2D eigenvalue weighted by Gasteiger charge is 2.15. The van der Waals surface area contributed by atoms with Crippen LogP contribution in [0.5, 0.6) is 0 Å². The summed E-state index contributed by atoms with van der Waals surface area (Å²) in [7, 11) is 4.96. The van der Waals surface area contributed by atoms with E-state index in [0.29, 0.717) is 49.1 Å². The van der Waals surface area contributed by atoms with Crippen molar-refractivity contribution in [3.8, 4) is 0 Å². The molecule has 1 heterocycles. The summed E-state index contributed by atoms with van der Waals surface area (Å²) in [6.45, 7) is 3.18. The molecule has 2 rings (SSSR count). The van der Waals surface area contributed by atoms with Crippen molar-refractivity contribution in [1.82, 2.24) is 9.99 Å². The minimum absolute atomic E-state index is 0.00457. The van der Waals surface area contributed by atoms with Crippen LogP contribution in [0.2, 0.25) is 0 Å². The number of rotatable bonds is 14. The fourth-order valence-electron chi connectivity index (χ4n) is 3.37. The number of ether oxygens (including phenoxy) is 2. The molecule has 1 aromatic carbocycles. The highest BCUT2D eigenvalue weighted by Crippen LogP contribution is 2.11. The second-order valence-electron chi connectivity index (χ2n) is 7.72. The maximum Gasteiger partial charge on any atom is 0.225 e. The van der Waals surface area contributed by atoms with Gasteiger partial charge in [0, 0.05) is 39.8 Å². The zero-order chi connectivity index (χ0) is 25.5. The van der Waals surface area contributed by atoms with Crippen molar-refractivity contribution < 1.29 is 19.1 Å². The summed E-state index contributed by atoms with van der Waals surface area (Å²) in [6, 6.07) is 14.9. The Morgan fingerprint density at radius 1 is 1.20 bits per heavy atom. The lowest BCUT2D eigenvalue weighted by atomic mass is 10.1. The number of nitrogens with two attached hydrogens (primary N) is 1. The molecule has 0 radical (unpaired) electrons. The molecule has 0 spiro atoms. The number of oxime groups is 1. The van der Waals surface area contributed by atoms with Gasteiger partial charge in [-0.1, -0.05) is 41.6 Å². The van der Waals surface area contributed by atoms with Gasteiger partial charge in [-0.3, -0.25) is 14.8 Å². The Bertz CT molecular complexity index is 959. The first kappa shape index (κ1) is 27.9. The number of benzene rings is 1. The fourth-order valence-corrected chi connectivity index (χ4v) is 3.37. The van der Waals surface area contributed by atoms with Crippen molar-refractivity contribution in [3.05, 3.63) is 59.8 Å². The standard InChI is InChI=1S/C25H36N6O4/c1-5-34-21(18-33-4)14-10-16-23(32)29-22-15-9-13-20(28-22)17-35-30-24(25(27-2)31(3)26)19-11-7-6-8-12-19/h6-9,11-13,15,21H,5,10,14,16-18,26H2,1-4H3,(H,28,29,32)/b27-25?,30-24-. The first-order valence-corrected chi connectivity index (χ1v) is 11.6. The van der Waals surface area contributed by atoms with Crippen molar-refractivity contribution in [2.24, 2.45) is 16.0 Å². The van der Waals surface area contributed by atoms with Gasteiger partial charge in [0.2, 0.25) is 5.91 Å². The van der Waals surface area contributed by atoms with E-state index in [2.05, 4.69) is 20.4 Å². The number of carbonyl (C=O) groups excluding carboxylic acids is 1. The predicted molar refractivity (Wildman–Crippen MR) is 137 cm³/mol.